The minimum absolute atomic E-state index is 0.0861. The molecule has 0 amide bonds. The number of hydrogen-bond acceptors (Lipinski definition) is 5. The number of hydrogen-bond donors (Lipinski definition) is 0. The lowest BCUT2D eigenvalue weighted by atomic mass is 9.96. The predicted octanol–water partition coefficient (Wildman–Crippen LogP) is 4.76. The van der Waals surface area contributed by atoms with Crippen molar-refractivity contribution in [2.75, 3.05) is 10.8 Å². The SMILES string of the molecule is C=CCN(c1cccc(C(F)(F)F)c1)S(=O)(=O)c1cccc(C(=O)OC2CCCCC2=O)c1. The van der Waals surface area contributed by atoms with Gasteiger partial charge in [0.1, 0.15) is 0 Å². The van der Waals surface area contributed by atoms with Crippen molar-refractivity contribution in [1.82, 2.24) is 0 Å². The Kier molecular flexibility index (Phi) is 7.26. The molecule has 0 bridgehead atoms. The number of sulfonamides is 1. The topological polar surface area (TPSA) is 80.8 Å². The standard InChI is InChI=1S/C23H22F3NO5S/c1-2-13-27(18-9-6-8-17(15-18)23(24,25)26)33(30,31)19-10-5-7-16(14-19)22(29)32-21-12-4-3-11-20(21)28/h2,5-10,14-15,21H,1,3-4,11-13H2. The molecule has 1 aliphatic carbocycles. The molecule has 176 valence electrons. The number of ether oxygens (including phenoxy) is 1. The van der Waals surface area contributed by atoms with Gasteiger partial charge in [-0.1, -0.05) is 18.2 Å². The lowest BCUT2D eigenvalue weighted by Crippen LogP contribution is -2.32. The molecule has 10 heteroatoms. The third-order valence-corrected chi connectivity index (χ3v) is 6.95. The number of carbonyl (C=O) groups is 2. The van der Waals surface area contributed by atoms with E-state index in [1.807, 2.05) is 0 Å². The highest BCUT2D eigenvalue weighted by molar-refractivity contribution is 7.92. The van der Waals surface area contributed by atoms with Crippen LogP contribution in [0.1, 0.15) is 41.6 Å². The second-order valence-electron chi connectivity index (χ2n) is 7.51. The largest absolute Gasteiger partial charge is 0.451 e. The Balaban J connectivity index is 1.93. The number of alkyl halides is 3. The summed E-state index contributed by atoms with van der Waals surface area (Å²) in [5.41, 5.74) is -1.29. The van der Waals surface area contributed by atoms with E-state index in [0.717, 1.165) is 41.4 Å². The number of ketones is 1. The number of esters is 1. The number of benzene rings is 2. The molecule has 0 aliphatic heterocycles. The van der Waals surface area contributed by atoms with Crippen LogP contribution in [0.25, 0.3) is 0 Å². The molecule has 1 atom stereocenters. The highest BCUT2D eigenvalue weighted by Crippen LogP contribution is 2.33. The highest BCUT2D eigenvalue weighted by atomic mass is 32.2. The molecule has 1 saturated carbocycles. The summed E-state index contributed by atoms with van der Waals surface area (Å²) < 4.78 is 72.0. The summed E-state index contributed by atoms with van der Waals surface area (Å²) in [6.07, 6.45) is -2.08. The van der Waals surface area contributed by atoms with Gasteiger partial charge in [-0.3, -0.25) is 9.10 Å². The second kappa shape index (κ2) is 9.78. The van der Waals surface area contributed by atoms with E-state index < -0.39 is 33.8 Å². The van der Waals surface area contributed by atoms with E-state index in [0.29, 0.717) is 12.8 Å². The molecule has 6 nitrogen and oxygen atoms in total. The Morgan fingerprint density at radius 2 is 1.88 bits per heavy atom. The molecule has 2 aromatic rings. The van der Waals surface area contributed by atoms with E-state index >= 15 is 0 Å². The number of halogens is 3. The van der Waals surface area contributed by atoms with Crippen molar-refractivity contribution >= 4 is 27.5 Å². The van der Waals surface area contributed by atoms with Crippen LogP contribution in [0.3, 0.4) is 0 Å². The molecular weight excluding hydrogens is 459 g/mol. The van der Waals surface area contributed by atoms with Gasteiger partial charge in [0.05, 0.1) is 28.3 Å². The molecular formula is C23H22F3NO5S. The zero-order valence-electron chi connectivity index (χ0n) is 17.5. The van der Waals surface area contributed by atoms with Gasteiger partial charge in [0, 0.05) is 6.42 Å². The first-order valence-corrected chi connectivity index (χ1v) is 11.6. The number of Topliss-reactive ketones (excluding diaryl/α,β-unsaturated/α-hetero) is 1. The average molecular weight is 481 g/mol. The molecule has 3 rings (SSSR count). The van der Waals surface area contributed by atoms with E-state index in [1.165, 1.54) is 30.3 Å². The first-order valence-electron chi connectivity index (χ1n) is 10.2. The summed E-state index contributed by atoms with van der Waals surface area (Å²) >= 11 is 0. The first kappa shape index (κ1) is 24.5. The molecule has 0 heterocycles. The molecule has 2 aromatic carbocycles. The Hall–Kier alpha value is -3.14. The summed E-state index contributed by atoms with van der Waals surface area (Å²) in [5.74, 6) is -1.03. The Labute approximate surface area is 189 Å². The average Bonchev–Trinajstić information content (AvgIpc) is 2.78. The van der Waals surface area contributed by atoms with Crippen molar-refractivity contribution in [3.05, 3.63) is 72.3 Å². The molecule has 1 aliphatic rings. The molecule has 1 fully saturated rings. The monoisotopic (exact) mass is 481 g/mol. The van der Waals surface area contributed by atoms with Crippen LogP contribution in [-0.4, -0.2) is 32.8 Å². The van der Waals surface area contributed by atoms with Crippen LogP contribution in [0.15, 0.2) is 66.1 Å². The Morgan fingerprint density at radius 3 is 2.55 bits per heavy atom. The molecule has 0 saturated heterocycles. The molecule has 0 aromatic heterocycles. The fraction of sp³-hybridized carbons (Fsp3) is 0.304. The normalized spacial score (nSPS) is 16.8. The lowest BCUT2D eigenvalue weighted by Gasteiger charge is -2.24. The van der Waals surface area contributed by atoms with Gasteiger partial charge in [0.25, 0.3) is 10.0 Å². The van der Waals surface area contributed by atoms with Gasteiger partial charge < -0.3 is 4.74 Å². The predicted molar refractivity (Wildman–Crippen MR) is 115 cm³/mol. The number of anilines is 1. The quantitative estimate of drug-likeness (QED) is 0.421. The summed E-state index contributed by atoms with van der Waals surface area (Å²) in [6, 6.07) is 8.89. The molecule has 0 N–H and O–H groups in total. The van der Waals surface area contributed by atoms with Crippen LogP contribution in [-0.2, 0) is 25.7 Å². The van der Waals surface area contributed by atoms with Crippen LogP contribution < -0.4 is 4.31 Å². The van der Waals surface area contributed by atoms with E-state index in [2.05, 4.69) is 6.58 Å². The van der Waals surface area contributed by atoms with Crippen molar-refractivity contribution < 1.29 is 35.9 Å². The minimum Gasteiger partial charge on any atom is -0.451 e. The van der Waals surface area contributed by atoms with Crippen molar-refractivity contribution in [2.24, 2.45) is 0 Å². The Morgan fingerprint density at radius 1 is 1.15 bits per heavy atom. The van der Waals surface area contributed by atoms with E-state index in [1.54, 1.807) is 0 Å². The van der Waals surface area contributed by atoms with E-state index in [4.69, 9.17) is 4.74 Å². The summed E-state index contributed by atoms with van der Waals surface area (Å²) in [4.78, 5) is 24.2. The second-order valence-corrected chi connectivity index (χ2v) is 9.37. The maximum absolute atomic E-state index is 13.3. The third kappa shape index (κ3) is 5.62. The fourth-order valence-electron chi connectivity index (χ4n) is 3.48. The van der Waals surface area contributed by atoms with Crippen molar-refractivity contribution in [3.63, 3.8) is 0 Å². The Bertz CT molecular complexity index is 1160. The highest BCUT2D eigenvalue weighted by Gasteiger charge is 2.33. The first-order chi connectivity index (χ1) is 15.5. The van der Waals surface area contributed by atoms with Crippen LogP contribution in [0.4, 0.5) is 18.9 Å². The molecule has 0 spiro atoms. The van der Waals surface area contributed by atoms with E-state index in [9.17, 15) is 31.2 Å². The molecule has 1 unspecified atom stereocenters. The van der Waals surface area contributed by atoms with Gasteiger partial charge in [0.15, 0.2) is 11.9 Å². The summed E-state index contributed by atoms with van der Waals surface area (Å²) in [5, 5.41) is 0. The fourth-order valence-corrected chi connectivity index (χ4v) is 4.95. The van der Waals surface area contributed by atoms with Crippen LogP contribution in [0.5, 0.6) is 0 Å². The van der Waals surface area contributed by atoms with Gasteiger partial charge in [-0.15, -0.1) is 6.58 Å². The van der Waals surface area contributed by atoms with Gasteiger partial charge in [-0.25, -0.2) is 13.2 Å². The molecule has 33 heavy (non-hydrogen) atoms. The third-order valence-electron chi connectivity index (χ3n) is 5.16. The smallest absolute Gasteiger partial charge is 0.416 e. The van der Waals surface area contributed by atoms with E-state index in [-0.39, 0.29) is 28.5 Å². The number of nitrogens with zero attached hydrogens (tertiary/aromatic N) is 1. The van der Waals surface area contributed by atoms with Crippen molar-refractivity contribution in [1.29, 1.82) is 0 Å². The lowest BCUT2D eigenvalue weighted by molar-refractivity contribution is -0.137. The number of rotatable bonds is 7. The van der Waals surface area contributed by atoms with Crippen molar-refractivity contribution in [2.45, 2.75) is 42.9 Å². The van der Waals surface area contributed by atoms with Gasteiger partial charge in [-0.05, 0) is 55.7 Å². The van der Waals surface area contributed by atoms with Gasteiger partial charge >= 0.3 is 12.1 Å². The van der Waals surface area contributed by atoms with Gasteiger partial charge in [0.2, 0.25) is 0 Å². The van der Waals surface area contributed by atoms with Crippen molar-refractivity contribution in [3.8, 4) is 0 Å². The van der Waals surface area contributed by atoms with Crippen LogP contribution in [0.2, 0.25) is 0 Å². The summed E-state index contributed by atoms with van der Waals surface area (Å²) in [7, 11) is -4.36. The maximum Gasteiger partial charge on any atom is 0.416 e. The van der Waals surface area contributed by atoms with Gasteiger partial charge in [-0.2, -0.15) is 13.2 Å². The minimum atomic E-state index is -4.65. The van der Waals surface area contributed by atoms with Crippen LogP contribution >= 0.6 is 0 Å². The maximum atomic E-state index is 13.3. The number of carbonyl (C=O) groups excluding carboxylic acids is 2. The zero-order chi connectivity index (χ0) is 24.2. The van der Waals surface area contributed by atoms with Crippen LogP contribution in [0, 0.1) is 0 Å². The summed E-state index contributed by atoms with van der Waals surface area (Å²) in [6.45, 7) is 3.19. The zero-order valence-corrected chi connectivity index (χ0v) is 18.4. The molecule has 0 radical (unpaired) electrons.